The molecule has 0 radical (unpaired) electrons. The average molecular weight is 413 g/mol. The first-order valence-corrected chi connectivity index (χ1v) is 10.1. The Hall–Kier alpha value is -2.98. The molecule has 0 atom stereocenters. The molecule has 0 bridgehead atoms. The third-order valence-electron chi connectivity index (χ3n) is 3.95. The van der Waals surface area contributed by atoms with Gasteiger partial charge < -0.3 is 14.6 Å². The van der Waals surface area contributed by atoms with E-state index in [1.54, 1.807) is 19.5 Å². The summed E-state index contributed by atoms with van der Waals surface area (Å²) in [7, 11) is 3.49. The summed E-state index contributed by atoms with van der Waals surface area (Å²) in [4.78, 5) is 20.7. The molecule has 0 fully saturated rings. The van der Waals surface area contributed by atoms with Crippen LogP contribution in [0.4, 0.5) is 5.13 Å². The molecule has 0 unspecified atom stereocenters. The number of nitrogens with zero attached hydrogens (tertiary/aromatic N) is 5. The third kappa shape index (κ3) is 3.82. The lowest BCUT2D eigenvalue weighted by Gasteiger charge is -2.03. The molecule has 0 spiro atoms. The monoisotopic (exact) mass is 412 g/mol. The summed E-state index contributed by atoms with van der Waals surface area (Å²) < 4.78 is 8.03. The normalized spacial score (nSPS) is 10.9. The number of carbonyl (C=O) groups is 1. The summed E-state index contributed by atoms with van der Waals surface area (Å²) >= 11 is 2.73. The van der Waals surface area contributed by atoms with E-state index in [9.17, 15) is 4.79 Å². The second-order valence-corrected chi connectivity index (χ2v) is 7.76. The van der Waals surface area contributed by atoms with Crippen molar-refractivity contribution < 1.29 is 9.53 Å². The smallest absolute Gasteiger partial charge is 0.236 e. The maximum absolute atomic E-state index is 12.3. The van der Waals surface area contributed by atoms with E-state index in [1.165, 1.54) is 23.1 Å². The summed E-state index contributed by atoms with van der Waals surface area (Å²) in [5.74, 6) is 1.55. The first kappa shape index (κ1) is 18.4. The summed E-state index contributed by atoms with van der Waals surface area (Å²) in [6, 6.07) is 9.35. The van der Waals surface area contributed by atoms with Gasteiger partial charge in [-0.3, -0.25) is 9.78 Å². The van der Waals surface area contributed by atoms with Gasteiger partial charge >= 0.3 is 0 Å². The van der Waals surface area contributed by atoms with Gasteiger partial charge in [0.05, 0.1) is 23.1 Å². The molecule has 142 valence electrons. The Bertz CT molecular complexity index is 1130. The summed E-state index contributed by atoms with van der Waals surface area (Å²) in [6.07, 6.45) is 3.41. The number of anilines is 1. The number of hydrogen-bond donors (Lipinski definition) is 1. The van der Waals surface area contributed by atoms with Gasteiger partial charge in [-0.1, -0.05) is 23.1 Å². The van der Waals surface area contributed by atoms with E-state index in [2.05, 4.69) is 25.5 Å². The van der Waals surface area contributed by atoms with Crippen molar-refractivity contribution in [1.29, 1.82) is 0 Å². The van der Waals surface area contributed by atoms with Crippen LogP contribution >= 0.6 is 23.1 Å². The molecule has 28 heavy (non-hydrogen) atoms. The molecule has 0 aliphatic carbocycles. The van der Waals surface area contributed by atoms with Crippen LogP contribution in [0.3, 0.4) is 0 Å². The minimum atomic E-state index is -0.149. The number of carbonyl (C=O) groups excluding carboxylic acids is 1. The number of hydrogen-bond acceptors (Lipinski definition) is 8. The number of ether oxygens (including phenoxy) is 1. The van der Waals surface area contributed by atoms with Crippen molar-refractivity contribution >= 4 is 44.4 Å². The number of thiazole rings is 1. The Labute approximate surface area is 169 Å². The highest BCUT2D eigenvalue weighted by molar-refractivity contribution is 7.99. The molecule has 1 aromatic carbocycles. The molecule has 4 aromatic rings. The number of rotatable bonds is 6. The number of pyridine rings is 1. The number of methoxy groups -OCH3 is 1. The highest BCUT2D eigenvalue weighted by atomic mass is 32.2. The lowest BCUT2D eigenvalue weighted by atomic mass is 10.2. The first-order chi connectivity index (χ1) is 13.6. The minimum Gasteiger partial charge on any atom is -0.497 e. The van der Waals surface area contributed by atoms with Gasteiger partial charge in [-0.25, -0.2) is 4.98 Å². The zero-order valence-electron chi connectivity index (χ0n) is 15.1. The molecule has 0 aliphatic rings. The number of fused-ring (bicyclic) bond motifs is 1. The van der Waals surface area contributed by atoms with Gasteiger partial charge in [0.15, 0.2) is 16.1 Å². The standard InChI is InChI=1S/C18H16N6O2S2/c1-24-16(11-5-7-19-8-6-11)22-23-18(24)27-10-15(25)21-17-20-13-4-3-12(26-2)9-14(13)28-17/h3-9H,10H2,1-2H3,(H,20,21,25). The van der Waals surface area contributed by atoms with Gasteiger partial charge in [-0.05, 0) is 30.3 Å². The second-order valence-electron chi connectivity index (χ2n) is 5.79. The molecule has 0 saturated carbocycles. The highest BCUT2D eigenvalue weighted by Gasteiger charge is 2.14. The maximum atomic E-state index is 12.3. The van der Waals surface area contributed by atoms with Crippen molar-refractivity contribution in [2.75, 3.05) is 18.2 Å². The predicted molar refractivity (Wildman–Crippen MR) is 110 cm³/mol. The molecule has 1 amide bonds. The van der Waals surface area contributed by atoms with Crippen LogP contribution in [0, 0.1) is 0 Å². The number of thioether (sulfide) groups is 1. The Morgan fingerprint density at radius 2 is 2.07 bits per heavy atom. The Kier molecular flexibility index (Phi) is 5.22. The average Bonchev–Trinajstić information content (AvgIpc) is 3.28. The molecule has 4 rings (SSSR count). The van der Waals surface area contributed by atoms with Crippen LogP contribution in [-0.2, 0) is 11.8 Å². The molecule has 3 aromatic heterocycles. The fourth-order valence-electron chi connectivity index (χ4n) is 2.56. The van der Waals surface area contributed by atoms with Gasteiger partial charge in [0.25, 0.3) is 0 Å². The van der Waals surface area contributed by atoms with E-state index in [4.69, 9.17) is 4.74 Å². The molecule has 0 saturated heterocycles. The molecule has 8 nitrogen and oxygen atoms in total. The first-order valence-electron chi connectivity index (χ1n) is 8.31. The number of amides is 1. The summed E-state index contributed by atoms with van der Waals surface area (Å²) in [6.45, 7) is 0. The fourth-order valence-corrected chi connectivity index (χ4v) is 4.19. The largest absolute Gasteiger partial charge is 0.497 e. The van der Waals surface area contributed by atoms with Gasteiger partial charge in [-0.15, -0.1) is 10.2 Å². The van der Waals surface area contributed by atoms with Gasteiger partial charge in [0.2, 0.25) is 5.91 Å². The highest BCUT2D eigenvalue weighted by Crippen LogP contribution is 2.29. The Morgan fingerprint density at radius 1 is 1.25 bits per heavy atom. The molecule has 0 aliphatic heterocycles. The zero-order valence-corrected chi connectivity index (χ0v) is 16.8. The maximum Gasteiger partial charge on any atom is 0.236 e. The van der Waals surface area contributed by atoms with Gasteiger partial charge in [0, 0.05) is 25.0 Å². The molecule has 3 heterocycles. The van der Waals surface area contributed by atoms with Crippen molar-refractivity contribution in [3.8, 4) is 17.1 Å². The van der Waals surface area contributed by atoms with E-state index in [-0.39, 0.29) is 11.7 Å². The third-order valence-corrected chi connectivity index (χ3v) is 5.90. The Balaban J connectivity index is 1.40. The van der Waals surface area contributed by atoms with Crippen LogP contribution in [0.2, 0.25) is 0 Å². The van der Waals surface area contributed by atoms with Gasteiger partial charge in [-0.2, -0.15) is 0 Å². The van der Waals surface area contributed by atoms with E-state index < -0.39 is 0 Å². The minimum absolute atomic E-state index is 0.149. The van der Waals surface area contributed by atoms with E-state index in [0.717, 1.165) is 27.4 Å². The lowest BCUT2D eigenvalue weighted by molar-refractivity contribution is -0.113. The lowest BCUT2D eigenvalue weighted by Crippen LogP contribution is -2.14. The zero-order chi connectivity index (χ0) is 19.5. The van der Waals surface area contributed by atoms with Crippen LogP contribution in [0.5, 0.6) is 5.75 Å². The van der Waals surface area contributed by atoms with Gasteiger partial charge in [0.1, 0.15) is 5.75 Å². The molecular weight excluding hydrogens is 396 g/mol. The van der Waals surface area contributed by atoms with Crippen molar-refractivity contribution in [2.45, 2.75) is 5.16 Å². The Morgan fingerprint density at radius 3 is 2.86 bits per heavy atom. The van der Waals surface area contributed by atoms with Crippen molar-refractivity contribution in [1.82, 2.24) is 24.7 Å². The summed E-state index contributed by atoms with van der Waals surface area (Å²) in [5.41, 5.74) is 1.75. The van der Waals surface area contributed by atoms with Crippen molar-refractivity contribution in [2.24, 2.45) is 7.05 Å². The number of benzene rings is 1. The molecular formula is C18H16N6O2S2. The second kappa shape index (κ2) is 7.95. The van der Waals surface area contributed by atoms with Crippen LogP contribution in [0.25, 0.3) is 21.6 Å². The van der Waals surface area contributed by atoms with E-state index in [0.29, 0.717) is 10.3 Å². The van der Waals surface area contributed by atoms with Crippen LogP contribution in [-0.4, -0.2) is 43.5 Å². The van der Waals surface area contributed by atoms with E-state index >= 15 is 0 Å². The van der Waals surface area contributed by atoms with Crippen molar-refractivity contribution in [3.05, 3.63) is 42.7 Å². The number of aromatic nitrogens is 5. The fraction of sp³-hybridized carbons (Fsp3) is 0.167. The quantitative estimate of drug-likeness (QED) is 0.486. The van der Waals surface area contributed by atoms with Crippen LogP contribution in [0.15, 0.2) is 47.9 Å². The SMILES string of the molecule is COc1ccc2nc(NC(=O)CSc3nnc(-c4ccncc4)n3C)sc2c1. The van der Waals surface area contributed by atoms with E-state index in [1.807, 2.05) is 41.9 Å². The number of nitrogens with one attached hydrogen (secondary N) is 1. The van der Waals surface area contributed by atoms with Crippen LogP contribution in [0.1, 0.15) is 0 Å². The van der Waals surface area contributed by atoms with Crippen LogP contribution < -0.4 is 10.1 Å². The van der Waals surface area contributed by atoms with Crippen molar-refractivity contribution in [3.63, 3.8) is 0 Å². The molecule has 1 N–H and O–H groups in total. The molecule has 10 heteroatoms. The topological polar surface area (TPSA) is 94.8 Å². The predicted octanol–water partition coefficient (Wildman–Crippen LogP) is 3.23. The summed E-state index contributed by atoms with van der Waals surface area (Å²) in [5, 5.41) is 12.4.